The number of carbonyl (C=O) groups is 1. The van der Waals surface area contributed by atoms with Gasteiger partial charge in [0.1, 0.15) is 4.90 Å². The summed E-state index contributed by atoms with van der Waals surface area (Å²) in [4.78, 5) is 15.2. The van der Waals surface area contributed by atoms with Gasteiger partial charge < -0.3 is 5.11 Å². The van der Waals surface area contributed by atoms with Gasteiger partial charge in [0.05, 0.1) is 6.42 Å². The highest BCUT2D eigenvalue weighted by atomic mass is 32.2. The minimum absolute atomic E-state index is 0.105. The highest BCUT2D eigenvalue weighted by molar-refractivity contribution is 7.89. The van der Waals surface area contributed by atoms with Gasteiger partial charge >= 0.3 is 5.97 Å². The van der Waals surface area contributed by atoms with Crippen molar-refractivity contribution in [2.45, 2.75) is 62.4 Å². The number of pyridine rings is 1. The van der Waals surface area contributed by atoms with Crippen LogP contribution in [0.15, 0.2) is 78.0 Å². The van der Waals surface area contributed by atoms with Crippen LogP contribution in [0.3, 0.4) is 0 Å². The molecule has 2 aromatic carbocycles. The molecule has 0 bridgehead atoms. The average molecular weight is 479 g/mol. The van der Waals surface area contributed by atoms with E-state index in [1.807, 2.05) is 18.2 Å². The van der Waals surface area contributed by atoms with Crippen LogP contribution in [-0.2, 0) is 34.3 Å². The van der Waals surface area contributed by atoms with Crippen LogP contribution in [0.1, 0.15) is 60.3 Å². The van der Waals surface area contributed by atoms with Crippen LogP contribution < -0.4 is 0 Å². The summed E-state index contributed by atoms with van der Waals surface area (Å²) in [7, 11) is -3.81. The van der Waals surface area contributed by atoms with Crippen molar-refractivity contribution in [1.82, 2.24) is 9.29 Å². The monoisotopic (exact) mass is 478 g/mol. The Hall–Kier alpha value is -3.03. The Labute approximate surface area is 201 Å². The maximum atomic E-state index is 13.5. The van der Waals surface area contributed by atoms with Gasteiger partial charge in [-0.3, -0.25) is 9.78 Å². The van der Waals surface area contributed by atoms with E-state index in [2.05, 4.69) is 17.1 Å². The third-order valence-corrected chi connectivity index (χ3v) is 8.17. The zero-order chi connectivity index (χ0) is 24.0. The molecule has 6 nitrogen and oxygen atoms in total. The highest BCUT2D eigenvalue weighted by Gasteiger charge is 2.25. The lowest BCUT2D eigenvalue weighted by Crippen LogP contribution is -2.30. The number of sulfonamides is 1. The van der Waals surface area contributed by atoms with Crippen LogP contribution in [0.25, 0.3) is 0 Å². The van der Waals surface area contributed by atoms with Gasteiger partial charge in [-0.2, -0.15) is 4.31 Å². The maximum Gasteiger partial charge on any atom is 0.307 e. The predicted molar refractivity (Wildman–Crippen MR) is 131 cm³/mol. The lowest BCUT2D eigenvalue weighted by atomic mass is 9.84. The van der Waals surface area contributed by atoms with Gasteiger partial charge in [0.15, 0.2) is 0 Å². The smallest absolute Gasteiger partial charge is 0.307 e. The Kier molecular flexibility index (Phi) is 7.75. The summed E-state index contributed by atoms with van der Waals surface area (Å²) >= 11 is 0. The van der Waals surface area contributed by atoms with Crippen LogP contribution in [0.5, 0.6) is 0 Å². The van der Waals surface area contributed by atoms with Gasteiger partial charge in [-0.05, 0) is 53.1 Å². The molecule has 7 heteroatoms. The minimum atomic E-state index is -3.81. The number of benzene rings is 2. The Morgan fingerprint density at radius 3 is 2.29 bits per heavy atom. The molecule has 0 saturated heterocycles. The van der Waals surface area contributed by atoms with Gasteiger partial charge in [-0.15, -0.1) is 0 Å². The van der Waals surface area contributed by atoms with Crippen LogP contribution in [0.4, 0.5) is 0 Å². The molecule has 0 unspecified atom stereocenters. The second kappa shape index (κ2) is 10.9. The predicted octanol–water partition coefficient (Wildman–Crippen LogP) is 5.15. The second-order valence-electron chi connectivity index (χ2n) is 8.93. The normalized spacial score (nSPS) is 14.9. The number of hydrogen-bond donors (Lipinski definition) is 1. The molecule has 1 fully saturated rings. The van der Waals surface area contributed by atoms with E-state index in [-0.39, 0.29) is 24.4 Å². The summed E-state index contributed by atoms with van der Waals surface area (Å²) in [6.07, 6.45) is 9.07. The number of aromatic nitrogens is 1. The molecule has 0 radical (unpaired) electrons. The Bertz CT molecular complexity index is 1200. The second-order valence-corrected chi connectivity index (χ2v) is 10.9. The van der Waals surface area contributed by atoms with E-state index in [4.69, 9.17) is 5.11 Å². The van der Waals surface area contributed by atoms with Crippen molar-refractivity contribution in [3.05, 3.63) is 95.3 Å². The molecule has 0 spiro atoms. The van der Waals surface area contributed by atoms with E-state index in [9.17, 15) is 13.2 Å². The minimum Gasteiger partial charge on any atom is -0.481 e. The third kappa shape index (κ3) is 6.10. The zero-order valence-corrected chi connectivity index (χ0v) is 20.0. The molecule has 0 aliphatic heterocycles. The molecule has 1 aromatic heterocycles. The first-order valence-electron chi connectivity index (χ1n) is 11.7. The lowest BCUT2D eigenvalue weighted by Gasteiger charge is -2.24. The van der Waals surface area contributed by atoms with E-state index >= 15 is 0 Å². The van der Waals surface area contributed by atoms with Crippen LogP contribution in [0.2, 0.25) is 0 Å². The number of rotatable bonds is 9. The quantitative estimate of drug-likeness (QED) is 0.460. The zero-order valence-electron chi connectivity index (χ0n) is 19.1. The molecule has 3 aromatic rings. The number of carboxylic acid groups (broad SMARTS) is 1. The fourth-order valence-electron chi connectivity index (χ4n) is 4.63. The Balaban J connectivity index is 1.60. The summed E-state index contributed by atoms with van der Waals surface area (Å²) in [5, 5.41) is 9.12. The Morgan fingerprint density at radius 2 is 1.62 bits per heavy atom. The SMILES string of the molecule is O=C(O)Cc1cccc(CN(Cc2ccc(C3CCCCC3)cc2)S(=O)(=O)c2cccnc2)c1. The fourth-order valence-corrected chi connectivity index (χ4v) is 6.01. The van der Waals surface area contributed by atoms with E-state index in [0.29, 0.717) is 11.5 Å². The molecule has 0 atom stereocenters. The summed E-state index contributed by atoms with van der Waals surface area (Å²) in [6.45, 7) is 0.348. The number of carboxylic acids is 1. The van der Waals surface area contributed by atoms with Crippen LogP contribution in [0, 0.1) is 0 Å². The molecule has 1 aliphatic carbocycles. The van der Waals surface area contributed by atoms with Gasteiger partial charge in [-0.25, -0.2) is 8.42 Å². The highest BCUT2D eigenvalue weighted by Crippen LogP contribution is 2.33. The topological polar surface area (TPSA) is 87.6 Å². The van der Waals surface area contributed by atoms with Crippen molar-refractivity contribution in [3.8, 4) is 0 Å². The fraction of sp³-hybridized carbons (Fsp3) is 0.333. The van der Waals surface area contributed by atoms with Gasteiger partial charge in [0.2, 0.25) is 10.0 Å². The lowest BCUT2D eigenvalue weighted by molar-refractivity contribution is -0.136. The van der Waals surface area contributed by atoms with Gasteiger partial charge in [0.25, 0.3) is 0 Å². The van der Waals surface area contributed by atoms with Crippen molar-refractivity contribution in [1.29, 1.82) is 0 Å². The summed E-state index contributed by atoms with van der Waals surface area (Å²) in [6, 6.07) is 18.5. The molecule has 1 heterocycles. The third-order valence-electron chi connectivity index (χ3n) is 6.39. The van der Waals surface area contributed by atoms with E-state index < -0.39 is 16.0 Å². The summed E-state index contributed by atoms with van der Waals surface area (Å²) in [5.74, 6) is -0.329. The van der Waals surface area contributed by atoms with Crippen molar-refractivity contribution in [3.63, 3.8) is 0 Å². The molecule has 178 valence electrons. The largest absolute Gasteiger partial charge is 0.481 e. The molecule has 34 heavy (non-hydrogen) atoms. The van der Waals surface area contributed by atoms with Crippen molar-refractivity contribution in [2.24, 2.45) is 0 Å². The van der Waals surface area contributed by atoms with E-state index in [1.165, 1.54) is 48.2 Å². The first-order valence-corrected chi connectivity index (χ1v) is 13.1. The van der Waals surface area contributed by atoms with E-state index in [0.717, 1.165) is 11.1 Å². The Morgan fingerprint density at radius 1 is 0.912 bits per heavy atom. The molecule has 1 saturated carbocycles. The molecular formula is C27H30N2O4S. The van der Waals surface area contributed by atoms with E-state index in [1.54, 1.807) is 36.5 Å². The van der Waals surface area contributed by atoms with Crippen LogP contribution in [-0.4, -0.2) is 28.8 Å². The molecule has 0 amide bonds. The van der Waals surface area contributed by atoms with Crippen molar-refractivity contribution >= 4 is 16.0 Å². The summed E-state index contributed by atoms with van der Waals surface area (Å²) < 4.78 is 28.4. The van der Waals surface area contributed by atoms with Crippen LogP contribution >= 0.6 is 0 Å². The van der Waals surface area contributed by atoms with Gasteiger partial charge in [0, 0.05) is 25.5 Å². The molecule has 1 aliphatic rings. The maximum absolute atomic E-state index is 13.5. The summed E-state index contributed by atoms with van der Waals surface area (Å²) in [5.41, 5.74) is 3.62. The van der Waals surface area contributed by atoms with Crippen molar-refractivity contribution < 1.29 is 18.3 Å². The number of aliphatic carboxylic acids is 1. The molecule has 1 N–H and O–H groups in total. The molecule has 4 rings (SSSR count). The molecular weight excluding hydrogens is 448 g/mol. The first-order chi connectivity index (χ1) is 16.4. The van der Waals surface area contributed by atoms with Gasteiger partial charge in [-0.1, -0.05) is 67.8 Å². The van der Waals surface area contributed by atoms with Crippen molar-refractivity contribution in [2.75, 3.05) is 0 Å². The average Bonchev–Trinajstić information content (AvgIpc) is 2.85. The first kappa shape index (κ1) is 24.1. The standard InChI is InChI=1S/C27H30N2O4S/c30-27(31)17-22-6-4-7-23(16-22)20-29(34(32,33)26-10-5-15-28-18-26)19-21-11-13-25(14-12-21)24-8-2-1-3-9-24/h4-7,10-16,18,24H,1-3,8-9,17,19-20H2,(H,30,31). The number of nitrogens with zero attached hydrogens (tertiary/aromatic N) is 2. The number of hydrogen-bond acceptors (Lipinski definition) is 4.